The Bertz CT molecular complexity index is 612. The van der Waals surface area contributed by atoms with Crippen LogP contribution in [-0.2, 0) is 5.54 Å². The number of rotatable bonds is 4. The second kappa shape index (κ2) is 5.83. The van der Waals surface area contributed by atoms with Crippen LogP contribution in [0.5, 0.6) is 0 Å². The van der Waals surface area contributed by atoms with Gasteiger partial charge in [-0.25, -0.2) is 0 Å². The third-order valence-corrected chi connectivity index (χ3v) is 3.29. The summed E-state index contributed by atoms with van der Waals surface area (Å²) in [6, 6.07) is 19.3. The van der Waals surface area contributed by atoms with Gasteiger partial charge in [0.2, 0.25) is 5.78 Å². The van der Waals surface area contributed by atoms with Gasteiger partial charge in [-0.1, -0.05) is 60.7 Å². The molecule has 0 aliphatic carbocycles. The Morgan fingerprint density at radius 1 is 0.900 bits per heavy atom. The van der Waals surface area contributed by atoms with Crippen LogP contribution < -0.4 is 0 Å². The van der Waals surface area contributed by atoms with Gasteiger partial charge in [-0.3, -0.25) is 9.79 Å². The number of nitrogens with zero attached hydrogens (tertiary/aromatic N) is 1. The van der Waals surface area contributed by atoms with Crippen LogP contribution in [0, 0.1) is 0 Å². The molecule has 0 saturated heterocycles. The predicted octanol–water partition coefficient (Wildman–Crippen LogP) is 4.27. The fourth-order valence-electron chi connectivity index (χ4n) is 2.18. The van der Waals surface area contributed by atoms with Crippen LogP contribution in [-0.4, -0.2) is 11.5 Å². The first-order chi connectivity index (χ1) is 9.50. The summed E-state index contributed by atoms with van der Waals surface area (Å²) in [5.74, 6) is -0.0189. The predicted molar refractivity (Wildman–Crippen MR) is 83.3 cm³/mol. The molecule has 0 atom stereocenters. The maximum atomic E-state index is 12.3. The summed E-state index contributed by atoms with van der Waals surface area (Å²) in [6.07, 6.45) is 0. The first-order valence-electron chi connectivity index (χ1n) is 6.72. The largest absolute Gasteiger partial charge is 0.287 e. The first-order valence-corrected chi connectivity index (χ1v) is 6.72. The van der Waals surface area contributed by atoms with Crippen LogP contribution in [0.1, 0.15) is 36.7 Å². The zero-order valence-corrected chi connectivity index (χ0v) is 12.1. The van der Waals surface area contributed by atoms with Crippen LogP contribution in [0.2, 0.25) is 0 Å². The van der Waals surface area contributed by atoms with E-state index in [4.69, 9.17) is 0 Å². The Labute approximate surface area is 120 Å². The Kier molecular flexibility index (Phi) is 4.14. The summed E-state index contributed by atoms with van der Waals surface area (Å²) in [7, 11) is 0. The van der Waals surface area contributed by atoms with Crippen molar-refractivity contribution in [3.63, 3.8) is 0 Å². The van der Waals surface area contributed by atoms with Crippen molar-refractivity contribution < 1.29 is 4.79 Å². The lowest BCUT2D eigenvalue weighted by molar-refractivity contribution is 0.106. The minimum atomic E-state index is -0.407. The Morgan fingerprint density at radius 3 is 1.95 bits per heavy atom. The zero-order valence-electron chi connectivity index (χ0n) is 12.1. The molecule has 0 heterocycles. The lowest BCUT2D eigenvalue weighted by atomic mass is 9.94. The smallest absolute Gasteiger partial charge is 0.206 e. The lowest BCUT2D eigenvalue weighted by Crippen LogP contribution is -2.20. The lowest BCUT2D eigenvalue weighted by Gasteiger charge is -2.21. The number of carbonyl (C=O) groups excluding carboxylic acids is 1. The van der Waals surface area contributed by atoms with Crippen LogP contribution in [0.25, 0.3) is 0 Å². The normalized spacial score (nSPS) is 12.2. The summed E-state index contributed by atoms with van der Waals surface area (Å²) in [6.45, 7) is 5.81. The highest BCUT2D eigenvalue weighted by molar-refractivity contribution is 6.45. The minimum absolute atomic E-state index is 0.0189. The SMILES string of the molecule is CC(=NC(C)(C)c1ccccc1)C(=O)c1ccccc1. The van der Waals surface area contributed by atoms with Crippen molar-refractivity contribution in [2.24, 2.45) is 4.99 Å². The van der Waals surface area contributed by atoms with E-state index in [0.717, 1.165) is 5.56 Å². The Morgan fingerprint density at radius 2 is 1.40 bits per heavy atom. The topological polar surface area (TPSA) is 29.4 Å². The second-order valence-corrected chi connectivity index (χ2v) is 5.32. The van der Waals surface area contributed by atoms with Crippen LogP contribution in [0.15, 0.2) is 65.7 Å². The van der Waals surface area contributed by atoms with E-state index in [1.807, 2.05) is 74.5 Å². The molecule has 0 radical (unpaired) electrons. The fraction of sp³-hybridized carbons (Fsp3) is 0.222. The maximum absolute atomic E-state index is 12.3. The molecular formula is C18H19NO. The molecule has 0 aromatic heterocycles. The van der Waals surface area contributed by atoms with Gasteiger partial charge in [-0.05, 0) is 26.3 Å². The molecule has 0 fully saturated rings. The van der Waals surface area contributed by atoms with Crippen LogP contribution >= 0.6 is 0 Å². The number of aliphatic imine (C=N–C) groups is 1. The number of hydrogen-bond acceptors (Lipinski definition) is 2. The highest BCUT2D eigenvalue weighted by Gasteiger charge is 2.21. The van der Waals surface area contributed by atoms with Gasteiger partial charge in [-0.2, -0.15) is 0 Å². The quantitative estimate of drug-likeness (QED) is 0.599. The summed E-state index contributed by atoms with van der Waals surface area (Å²) in [5.41, 5.74) is 1.90. The van der Waals surface area contributed by atoms with Gasteiger partial charge in [0.25, 0.3) is 0 Å². The van der Waals surface area contributed by atoms with E-state index in [1.165, 1.54) is 0 Å². The highest BCUT2D eigenvalue weighted by Crippen LogP contribution is 2.24. The molecule has 0 unspecified atom stereocenters. The fourth-order valence-corrected chi connectivity index (χ4v) is 2.18. The molecule has 20 heavy (non-hydrogen) atoms. The summed E-state index contributed by atoms with van der Waals surface area (Å²) < 4.78 is 0. The van der Waals surface area contributed by atoms with E-state index in [2.05, 4.69) is 4.99 Å². The van der Waals surface area contributed by atoms with E-state index in [9.17, 15) is 4.79 Å². The molecular weight excluding hydrogens is 246 g/mol. The standard InChI is InChI=1S/C18H19NO/c1-14(17(20)15-10-6-4-7-11-15)19-18(2,3)16-12-8-5-9-13-16/h4-13H,1-3H3. The molecule has 0 saturated carbocycles. The van der Waals surface area contributed by atoms with Crippen molar-refractivity contribution in [1.82, 2.24) is 0 Å². The number of ketones is 1. The summed E-state index contributed by atoms with van der Waals surface area (Å²) in [5, 5.41) is 0. The van der Waals surface area contributed by atoms with Gasteiger partial charge >= 0.3 is 0 Å². The zero-order chi connectivity index (χ0) is 14.6. The molecule has 0 amide bonds. The Hall–Kier alpha value is -2.22. The molecule has 0 aliphatic rings. The van der Waals surface area contributed by atoms with Crippen molar-refractivity contribution in [3.05, 3.63) is 71.8 Å². The summed E-state index contributed by atoms with van der Waals surface area (Å²) in [4.78, 5) is 16.9. The van der Waals surface area contributed by atoms with E-state index in [0.29, 0.717) is 11.3 Å². The van der Waals surface area contributed by atoms with E-state index < -0.39 is 5.54 Å². The molecule has 2 aromatic rings. The van der Waals surface area contributed by atoms with Crippen molar-refractivity contribution in [2.75, 3.05) is 0 Å². The van der Waals surface area contributed by atoms with Crippen molar-refractivity contribution in [1.29, 1.82) is 0 Å². The average Bonchev–Trinajstić information content (AvgIpc) is 2.48. The van der Waals surface area contributed by atoms with E-state index >= 15 is 0 Å². The van der Waals surface area contributed by atoms with Gasteiger partial charge in [0, 0.05) is 5.56 Å². The molecule has 102 valence electrons. The summed E-state index contributed by atoms with van der Waals surface area (Å²) >= 11 is 0. The molecule has 2 aromatic carbocycles. The molecule has 2 rings (SSSR count). The van der Waals surface area contributed by atoms with Crippen LogP contribution in [0.3, 0.4) is 0 Å². The highest BCUT2D eigenvalue weighted by atomic mass is 16.1. The molecule has 0 N–H and O–H groups in total. The Balaban J connectivity index is 2.28. The van der Waals surface area contributed by atoms with Gasteiger partial charge in [0.15, 0.2) is 0 Å². The van der Waals surface area contributed by atoms with Gasteiger partial charge in [-0.15, -0.1) is 0 Å². The molecule has 0 aliphatic heterocycles. The van der Waals surface area contributed by atoms with E-state index in [1.54, 1.807) is 6.92 Å². The van der Waals surface area contributed by atoms with Crippen molar-refractivity contribution >= 4 is 11.5 Å². The number of benzene rings is 2. The molecule has 0 spiro atoms. The molecule has 2 heteroatoms. The van der Waals surface area contributed by atoms with Crippen molar-refractivity contribution in [3.8, 4) is 0 Å². The average molecular weight is 265 g/mol. The number of carbonyl (C=O) groups is 1. The molecule has 0 bridgehead atoms. The monoisotopic (exact) mass is 265 g/mol. The molecule has 2 nitrogen and oxygen atoms in total. The third kappa shape index (κ3) is 3.21. The van der Waals surface area contributed by atoms with Gasteiger partial charge in [0.05, 0.1) is 11.3 Å². The number of Topliss-reactive ketones (excluding diaryl/α,β-unsaturated/α-hetero) is 1. The van der Waals surface area contributed by atoms with Crippen molar-refractivity contribution in [2.45, 2.75) is 26.3 Å². The second-order valence-electron chi connectivity index (χ2n) is 5.32. The first kappa shape index (κ1) is 14.2. The number of hydrogen-bond donors (Lipinski definition) is 0. The minimum Gasteiger partial charge on any atom is -0.287 e. The maximum Gasteiger partial charge on any atom is 0.206 e. The van der Waals surface area contributed by atoms with Gasteiger partial charge < -0.3 is 0 Å². The van der Waals surface area contributed by atoms with Gasteiger partial charge in [0.1, 0.15) is 0 Å². The van der Waals surface area contributed by atoms with Crippen LogP contribution in [0.4, 0.5) is 0 Å². The van der Waals surface area contributed by atoms with E-state index in [-0.39, 0.29) is 5.78 Å². The third-order valence-electron chi connectivity index (χ3n) is 3.29.